The number of methoxy groups -OCH3 is 1. The number of hydrogen-bond acceptors (Lipinski definition) is 4. The Morgan fingerprint density at radius 2 is 2.42 bits per heavy atom. The number of nitrogens with one attached hydrogen (secondary N) is 1. The molecule has 4 nitrogen and oxygen atoms in total. The normalized spacial score (nSPS) is 21.6. The van der Waals surface area contributed by atoms with Gasteiger partial charge < -0.3 is 14.8 Å². The maximum Gasteiger partial charge on any atom is 0.332 e. The molecular weight excluding hydrogens is 182 g/mol. The van der Waals surface area contributed by atoms with Crippen LogP contribution in [-0.2, 0) is 14.3 Å². The summed E-state index contributed by atoms with van der Waals surface area (Å²) in [5, 5.41) is 3.10. The summed E-state index contributed by atoms with van der Waals surface area (Å²) < 4.78 is 9.64. The fourth-order valence-corrected chi connectivity index (χ4v) is 1.07. The lowest BCUT2D eigenvalue weighted by Gasteiger charge is -2.09. The molecule has 0 bridgehead atoms. The molecule has 0 spiro atoms. The first-order valence-electron chi connectivity index (χ1n) is 3.72. The molecule has 1 unspecified atom stereocenters. The molecular formula is C7H14ClNO3. The van der Waals surface area contributed by atoms with Gasteiger partial charge in [-0.25, -0.2) is 4.79 Å². The Balaban J connectivity index is 0.00000121. The van der Waals surface area contributed by atoms with Crippen molar-refractivity contribution in [2.45, 2.75) is 12.5 Å². The molecule has 0 amide bonds. The molecule has 5 heteroatoms. The van der Waals surface area contributed by atoms with Gasteiger partial charge in [0.05, 0.1) is 0 Å². The van der Waals surface area contributed by atoms with Gasteiger partial charge in [-0.05, 0) is 13.0 Å². The van der Waals surface area contributed by atoms with E-state index in [-0.39, 0.29) is 31.1 Å². The van der Waals surface area contributed by atoms with Crippen molar-refractivity contribution >= 4 is 18.4 Å². The van der Waals surface area contributed by atoms with E-state index < -0.39 is 0 Å². The summed E-state index contributed by atoms with van der Waals surface area (Å²) in [4.78, 5) is 10.8. The maximum atomic E-state index is 10.8. The second kappa shape index (κ2) is 6.22. The Bertz CT molecular complexity index is 137. The van der Waals surface area contributed by atoms with Gasteiger partial charge in [0.1, 0.15) is 12.7 Å². The maximum absolute atomic E-state index is 10.8. The van der Waals surface area contributed by atoms with E-state index in [0.717, 1.165) is 19.5 Å². The van der Waals surface area contributed by atoms with E-state index in [0.29, 0.717) is 0 Å². The fourth-order valence-electron chi connectivity index (χ4n) is 1.07. The highest BCUT2D eigenvalue weighted by Gasteiger charge is 2.17. The van der Waals surface area contributed by atoms with Gasteiger partial charge >= 0.3 is 5.97 Å². The summed E-state index contributed by atoms with van der Waals surface area (Å²) in [6.07, 6.45) is 0.966. The van der Waals surface area contributed by atoms with E-state index in [4.69, 9.17) is 4.74 Å². The SMILES string of the molecule is COCC(=O)OC1CCNC1.Cl. The zero-order valence-electron chi connectivity index (χ0n) is 7.04. The first kappa shape index (κ1) is 11.7. The largest absolute Gasteiger partial charge is 0.459 e. The van der Waals surface area contributed by atoms with Crippen LogP contribution in [0.2, 0.25) is 0 Å². The van der Waals surface area contributed by atoms with Gasteiger partial charge in [-0.3, -0.25) is 0 Å². The summed E-state index contributed by atoms with van der Waals surface area (Å²) >= 11 is 0. The van der Waals surface area contributed by atoms with Gasteiger partial charge in [-0.2, -0.15) is 0 Å². The Morgan fingerprint density at radius 3 is 2.92 bits per heavy atom. The van der Waals surface area contributed by atoms with E-state index >= 15 is 0 Å². The molecule has 1 fully saturated rings. The molecule has 1 aliphatic rings. The summed E-state index contributed by atoms with van der Waals surface area (Å²) in [6.45, 7) is 1.76. The Hall–Kier alpha value is -0.320. The third-order valence-electron chi connectivity index (χ3n) is 1.58. The molecule has 0 radical (unpaired) electrons. The predicted molar refractivity (Wildman–Crippen MR) is 46.5 cm³/mol. The predicted octanol–water partition coefficient (Wildman–Crippen LogP) is -0.0403. The molecule has 0 aliphatic carbocycles. The molecule has 1 rings (SSSR count). The van der Waals surface area contributed by atoms with Crippen LogP contribution in [0.4, 0.5) is 0 Å². The standard InChI is InChI=1S/C7H13NO3.ClH/c1-10-5-7(9)11-6-2-3-8-4-6;/h6,8H,2-5H2,1H3;1H. The van der Waals surface area contributed by atoms with Crippen LogP contribution in [0.5, 0.6) is 0 Å². The third kappa shape index (κ3) is 3.90. The minimum absolute atomic E-state index is 0. The van der Waals surface area contributed by atoms with Gasteiger partial charge in [0.2, 0.25) is 0 Å². The number of hydrogen-bond donors (Lipinski definition) is 1. The highest BCUT2D eigenvalue weighted by Crippen LogP contribution is 2.02. The molecule has 0 saturated carbocycles. The lowest BCUT2D eigenvalue weighted by molar-refractivity contribution is -0.152. The summed E-state index contributed by atoms with van der Waals surface area (Å²) in [5.74, 6) is -0.277. The number of carbonyl (C=O) groups excluding carboxylic acids is 1. The molecule has 72 valence electrons. The van der Waals surface area contributed by atoms with Crippen molar-refractivity contribution in [1.82, 2.24) is 5.32 Å². The summed E-state index contributed by atoms with van der Waals surface area (Å²) in [6, 6.07) is 0. The van der Waals surface area contributed by atoms with Crippen LogP contribution in [0.3, 0.4) is 0 Å². The third-order valence-corrected chi connectivity index (χ3v) is 1.58. The van der Waals surface area contributed by atoms with Crippen LogP contribution in [0.25, 0.3) is 0 Å². The van der Waals surface area contributed by atoms with Gasteiger partial charge in [-0.1, -0.05) is 0 Å². The van der Waals surface area contributed by atoms with E-state index in [1.165, 1.54) is 7.11 Å². The van der Waals surface area contributed by atoms with E-state index in [9.17, 15) is 4.79 Å². The quantitative estimate of drug-likeness (QED) is 0.642. The lowest BCUT2D eigenvalue weighted by Crippen LogP contribution is -2.23. The van der Waals surface area contributed by atoms with Crippen molar-refractivity contribution in [3.05, 3.63) is 0 Å². The van der Waals surface area contributed by atoms with Crippen molar-refractivity contribution < 1.29 is 14.3 Å². The van der Waals surface area contributed by atoms with Crippen LogP contribution in [0.1, 0.15) is 6.42 Å². The van der Waals surface area contributed by atoms with Gasteiger partial charge in [0, 0.05) is 13.7 Å². The molecule has 0 aromatic carbocycles. The van der Waals surface area contributed by atoms with Crippen molar-refractivity contribution in [2.24, 2.45) is 0 Å². The van der Waals surface area contributed by atoms with Crippen LogP contribution in [0.15, 0.2) is 0 Å². The number of ether oxygens (including phenoxy) is 2. The van der Waals surface area contributed by atoms with Gasteiger partial charge in [0.25, 0.3) is 0 Å². The molecule has 1 saturated heterocycles. The highest BCUT2D eigenvalue weighted by molar-refractivity contribution is 5.85. The zero-order chi connectivity index (χ0) is 8.10. The minimum Gasteiger partial charge on any atom is -0.459 e. The van der Waals surface area contributed by atoms with E-state index in [1.807, 2.05) is 0 Å². The Labute approximate surface area is 78.0 Å². The van der Waals surface area contributed by atoms with Crippen LogP contribution >= 0.6 is 12.4 Å². The second-order valence-electron chi connectivity index (χ2n) is 2.54. The second-order valence-corrected chi connectivity index (χ2v) is 2.54. The molecule has 1 N–H and O–H groups in total. The fraction of sp³-hybridized carbons (Fsp3) is 0.857. The molecule has 1 heterocycles. The summed E-state index contributed by atoms with van der Waals surface area (Å²) in [5.41, 5.74) is 0. The number of esters is 1. The molecule has 1 aliphatic heterocycles. The average molecular weight is 196 g/mol. The Morgan fingerprint density at radius 1 is 1.67 bits per heavy atom. The molecule has 0 aromatic heterocycles. The van der Waals surface area contributed by atoms with Gasteiger partial charge in [-0.15, -0.1) is 12.4 Å². The van der Waals surface area contributed by atoms with Crippen molar-refractivity contribution in [2.75, 3.05) is 26.8 Å². The van der Waals surface area contributed by atoms with Crippen LogP contribution < -0.4 is 5.32 Å². The number of halogens is 1. The van der Waals surface area contributed by atoms with E-state index in [1.54, 1.807) is 0 Å². The minimum atomic E-state index is -0.277. The van der Waals surface area contributed by atoms with Gasteiger partial charge in [0.15, 0.2) is 0 Å². The van der Waals surface area contributed by atoms with Crippen LogP contribution in [0, 0.1) is 0 Å². The number of rotatable bonds is 3. The van der Waals surface area contributed by atoms with Crippen molar-refractivity contribution in [3.63, 3.8) is 0 Å². The Kier molecular flexibility index (Phi) is 6.06. The monoisotopic (exact) mass is 195 g/mol. The number of carbonyl (C=O) groups is 1. The highest BCUT2D eigenvalue weighted by atomic mass is 35.5. The molecule has 12 heavy (non-hydrogen) atoms. The lowest BCUT2D eigenvalue weighted by atomic mass is 10.3. The topological polar surface area (TPSA) is 47.6 Å². The molecule has 0 aromatic rings. The van der Waals surface area contributed by atoms with Crippen molar-refractivity contribution in [1.29, 1.82) is 0 Å². The summed E-state index contributed by atoms with van der Waals surface area (Å²) in [7, 11) is 1.48. The molecule has 1 atom stereocenters. The van der Waals surface area contributed by atoms with Crippen molar-refractivity contribution in [3.8, 4) is 0 Å². The van der Waals surface area contributed by atoms with Crippen LogP contribution in [-0.4, -0.2) is 38.9 Å². The smallest absolute Gasteiger partial charge is 0.332 e. The average Bonchev–Trinajstić information content (AvgIpc) is 2.40. The first-order chi connectivity index (χ1) is 5.33. The zero-order valence-corrected chi connectivity index (χ0v) is 7.86. The first-order valence-corrected chi connectivity index (χ1v) is 3.72. The van der Waals surface area contributed by atoms with E-state index in [2.05, 4.69) is 10.1 Å².